The zero-order valence-corrected chi connectivity index (χ0v) is 11.4. The van der Waals surface area contributed by atoms with Crippen LogP contribution in [0.15, 0.2) is 12.1 Å². The molecular formula is C15H21NO2. The fourth-order valence-electron chi connectivity index (χ4n) is 2.74. The maximum absolute atomic E-state index is 11.4. The summed E-state index contributed by atoms with van der Waals surface area (Å²) >= 11 is 0. The molecule has 0 spiro atoms. The molecule has 0 saturated carbocycles. The van der Waals surface area contributed by atoms with Gasteiger partial charge in [-0.1, -0.05) is 13.0 Å². The first-order valence-corrected chi connectivity index (χ1v) is 6.63. The third-order valence-corrected chi connectivity index (χ3v) is 3.85. The van der Waals surface area contributed by atoms with E-state index in [4.69, 9.17) is 4.74 Å². The van der Waals surface area contributed by atoms with E-state index in [1.165, 1.54) is 18.4 Å². The summed E-state index contributed by atoms with van der Waals surface area (Å²) in [6.45, 7) is 4.27. The average molecular weight is 247 g/mol. The van der Waals surface area contributed by atoms with Crippen molar-refractivity contribution in [2.45, 2.75) is 45.4 Å². The largest absolute Gasteiger partial charge is 0.469 e. The van der Waals surface area contributed by atoms with E-state index < -0.39 is 0 Å². The van der Waals surface area contributed by atoms with Gasteiger partial charge in [-0.25, -0.2) is 0 Å². The Morgan fingerprint density at radius 3 is 2.94 bits per heavy atom. The minimum Gasteiger partial charge on any atom is -0.469 e. The quantitative estimate of drug-likeness (QED) is 0.595. The molecule has 1 aromatic rings. The highest BCUT2D eigenvalue weighted by Gasteiger charge is 2.24. The lowest BCUT2D eigenvalue weighted by Gasteiger charge is -2.12. The molecule has 2 atom stereocenters. The van der Waals surface area contributed by atoms with Crippen molar-refractivity contribution in [3.8, 4) is 0 Å². The predicted octanol–water partition coefficient (Wildman–Crippen LogP) is 3.01. The highest BCUT2D eigenvalue weighted by atomic mass is 16.5. The molecule has 0 N–H and O–H groups in total. The minimum absolute atomic E-state index is 0.108. The highest BCUT2D eigenvalue weighted by molar-refractivity contribution is 5.69. The van der Waals surface area contributed by atoms with Crippen molar-refractivity contribution in [3.05, 3.63) is 29.1 Å². The molecule has 0 saturated heterocycles. The third kappa shape index (κ3) is 2.89. The molecule has 98 valence electrons. The van der Waals surface area contributed by atoms with Crippen molar-refractivity contribution >= 4 is 5.97 Å². The first-order valence-electron chi connectivity index (χ1n) is 6.63. The number of aryl methyl sites for hydroxylation is 1. The van der Waals surface area contributed by atoms with E-state index in [2.05, 4.69) is 24.0 Å². The molecule has 0 aliphatic heterocycles. The molecule has 0 unspecified atom stereocenters. The van der Waals surface area contributed by atoms with Crippen LogP contribution in [0.25, 0.3) is 0 Å². The fourth-order valence-corrected chi connectivity index (χ4v) is 2.74. The normalized spacial score (nSPS) is 23.1. The second-order valence-electron chi connectivity index (χ2n) is 5.32. The number of aromatic nitrogens is 1. The Hall–Kier alpha value is -1.38. The zero-order valence-electron chi connectivity index (χ0n) is 11.4. The van der Waals surface area contributed by atoms with E-state index in [1.54, 1.807) is 0 Å². The Labute approximate surface area is 109 Å². The van der Waals surface area contributed by atoms with Gasteiger partial charge in [-0.3, -0.25) is 9.78 Å². The summed E-state index contributed by atoms with van der Waals surface area (Å²) in [4.78, 5) is 16.1. The monoisotopic (exact) mass is 247 g/mol. The highest BCUT2D eigenvalue weighted by Crippen LogP contribution is 2.33. The summed E-state index contributed by atoms with van der Waals surface area (Å²) in [6, 6.07) is 4.28. The summed E-state index contributed by atoms with van der Waals surface area (Å²) in [5, 5.41) is 0. The van der Waals surface area contributed by atoms with Gasteiger partial charge < -0.3 is 4.74 Å². The van der Waals surface area contributed by atoms with Gasteiger partial charge in [-0.2, -0.15) is 0 Å². The van der Waals surface area contributed by atoms with E-state index in [9.17, 15) is 4.79 Å². The summed E-state index contributed by atoms with van der Waals surface area (Å²) in [6.07, 6.45) is 3.61. The Morgan fingerprint density at radius 2 is 2.22 bits per heavy atom. The van der Waals surface area contributed by atoms with Crippen LogP contribution in [0.3, 0.4) is 0 Å². The van der Waals surface area contributed by atoms with E-state index in [-0.39, 0.29) is 5.97 Å². The van der Waals surface area contributed by atoms with E-state index >= 15 is 0 Å². The van der Waals surface area contributed by atoms with Crippen LogP contribution in [0.1, 0.15) is 49.1 Å². The molecule has 2 rings (SSSR count). The number of carbonyl (C=O) groups excluding carboxylic acids is 1. The molecule has 0 radical (unpaired) electrons. The van der Waals surface area contributed by atoms with Crippen LogP contribution in [0.5, 0.6) is 0 Å². The number of methoxy groups -OCH3 is 1. The lowest BCUT2D eigenvalue weighted by molar-refractivity contribution is -0.141. The van der Waals surface area contributed by atoms with Crippen molar-refractivity contribution in [1.29, 1.82) is 0 Å². The lowest BCUT2D eigenvalue weighted by atomic mass is 9.95. The van der Waals surface area contributed by atoms with Crippen molar-refractivity contribution in [1.82, 2.24) is 4.98 Å². The smallest absolute Gasteiger partial charge is 0.305 e. The molecule has 1 aliphatic carbocycles. The molecule has 0 bridgehead atoms. The number of hydrogen-bond acceptors (Lipinski definition) is 3. The molecule has 0 fully saturated rings. The van der Waals surface area contributed by atoms with Crippen molar-refractivity contribution in [3.63, 3.8) is 0 Å². The Kier molecular flexibility index (Phi) is 4.00. The molecule has 1 aromatic heterocycles. The first-order chi connectivity index (χ1) is 8.60. The van der Waals surface area contributed by atoms with Crippen LogP contribution in [0.2, 0.25) is 0 Å². The van der Waals surface area contributed by atoms with Crippen LogP contribution >= 0.6 is 0 Å². The van der Waals surface area contributed by atoms with Gasteiger partial charge in [0.2, 0.25) is 0 Å². The molecule has 1 aliphatic rings. The summed E-state index contributed by atoms with van der Waals surface area (Å²) < 4.78 is 4.77. The van der Waals surface area contributed by atoms with E-state index in [0.29, 0.717) is 18.3 Å². The number of esters is 1. The number of fused-ring (bicyclic) bond motifs is 1. The van der Waals surface area contributed by atoms with Gasteiger partial charge >= 0.3 is 5.97 Å². The molecule has 0 aromatic carbocycles. The van der Waals surface area contributed by atoms with Crippen molar-refractivity contribution in [2.24, 2.45) is 5.92 Å². The van der Waals surface area contributed by atoms with E-state index in [1.807, 2.05) is 6.92 Å². The van der Waals surface area contributed by atoms with Gasteiger partial charge in [-0.05, 0) is 49.7 Å². The van der Waals surface area contributed by atoms with Crippen molar-refractivity contribution < 1.29 is 9.53 Å². The molecular weight excluding hydrogens is 226 g/mol. The number of ether oxygens (including phenoxy) is 1. The standard InChI is InChI=1S/C15H21NO2/c1-10-4-6-12(9-15(17)18-3)8-14-13(10)7-5-11(2)16-14/h5,7,10,12H,4,6,8-9H2,1-3H3/t10-,12+/m1/s1. The SMILES string of the molecule is COC(=O)C[C@H]1CC[C@@H](C)c2ccc(C)nc2C1. The average Bonchev–Trinajstić information content (AvgIpc) is 2.49. The second-order valence-corrected chi connectivity index (χ2v) is 5.32. The molecule has 1 heterocycles. The summed E-state index contributed by atoms with van der Waals surface area (Å²) in [5.74, 6) is 0.801. The maximum Gasteiger partial charge on any atom is 0.305 e. The molecule has 18 heavy (non-hydrogen) atoms. The Morgan fingerprint density at radius 1 is 1.44 bits per heavy atom. The third-order valence-electron chi connectivity index (χ3n) is 3.85. The summed E-state index contributed by atoms with van der Waals surface area (Å²) in [7, 11) is 1.46. The van der Waals surface area contributed by atoms with Crippen LogP contribution in [0, 0.1) is 12.8 Å². The Bertz CT molecular complexity index is 442. The fraction of sp³-hybridized carbons (Fsp3) is 0.600. The van der Waals surface area contributed by atoms with Crippen LogP contribution in [-0.2, 0) is 16.0 Å². The number of hydrogen-bond donors (Lipinski definition) is 0. The number of nitrogens with zero attached hydrogens (tertiary/aromatic N) is 1. The molecule has 3 heteroatoms. The lowest BCUT2D eigenvalue weighted by Crippen LogP contribution is -2.12. The first kappa shape index (κ1) is 13.1. The predicted molar refractivity (Wildman–Crippen MR) is 70.5 cm³/mol. The van der Waals surface area contributed by atoms with Gasteiger partial charge in [0.1, 0.15) is 0 Å². The second kappa shape index (κ2) is 5.51. The number of pyridine rings is 1. The maximum atomic E-state index is 11.4. The van der Waals surface area contributed by atoms with Gasteiger partial charge in [-0.15, -0.1) is 0 Å². The van der Waals surface area contributed by atoms with Crippen LogP contribution < -0.4 is 0 Å². The van der Waals surface area contributed by atoms with Crippen LogP contribution in [0.4, 0.5) is 0 Å². The van der Waals surface area contributed by atoms with Crippen molar-refractivity contribution in [2.75, 3.05) is 7.11 Å². The number of rotatable bonds is 2. The van der Waals surface area contributed by atoms with Gasteiger partial charge in [0.25, 0.3) is 0 Å². The van der Waals surface area contributed by atoms with Gasteiger partial charge in [0, 0.05) is 17.8 Å². The summed E-state index contributed by atoms with van der Waals surface area (Å²) in [5.41, 5.74) is 3.58. The molecule has 0 amide bonds. The van der Waals surface area contributed by atoms with Crippen LogP contribution in [-0.4, -0.2) is 18.1 Å². The van der Waals surface area contributed by atoms with E-state index in [0.717, 1.165) is 25.0 Å². The minimum atomic E-state index is -0.108. The Balaban J connectivity index is 2.20. The zero-order chi connectivity index (χ0) is 13.1. The van der Waals surface area contributed by atoms with Gasteiger partial charge in [0.05, 0.1) is 7.11 Å². The molecule has 3 nitrogen and oxygen atoms in total. The number of carbonyl (C=O) groups is 1. The topological polar surface area (TPSA) is 39.2 Å². The van der Waals surface area contributed by atoms with Gasteiger partial charge in [0.15, 0.2) is 0 Å².